The van der Waals surface area contributed by atoms with Gasteiger partial charge in [0, 0.05) is 12.5 Å². The average molecular weight is 503 g/mol. The lowest BCUT2D eigenvalue weighted by atomic mass is 9.85. The number of rotatable bonds is 7. The number of epoxide rings is 1. The van der Waals surface area contributed by atoms with Crippen LogP contribution >= 0.6 is 0 Å². The largest absolute Gasteiger partial charge is 0.416 e. The van der Waals surface area contributed by atoms with Crippen LogP contribution in [0.5, 0.6) is 0 Å². The lowest BCUT2D eigenvalue weighted by Crippen LogP contribution is -2.54. The van der Waals surface area contributed by atoms with E-state index in [0.29, 0.717) is 5.92 Å². The number of fused-ring (bicyclic) bond motifs is 1. The zero-order valence-electron chi connectivity index (χ0n) is 23.9. The molecule has 5 atom stereocenters. The minimum Gasteiger partial charge on any atom is -0.416 e. The maximum atomic E-state index is 7.01. The van der Waals surface area contributed by atoms with E-state index in [4.69, 9.17) is 18.0 Å². The van der Waals surface area contributed by atoms with Gasteiger partial charge in [-0.2, -0.15) is 0 Å². The number of hydrogen-bond acceptors (Lipinski definition) is 4. The molecule has 1 aliphatic heterocycles. The Morgan fingerprint density at radius 1 is 0.656 bits per heavy atom. The summed E-state index contributed by atoms with van der Waals surface area (Å²) in [6.07, 6.45) is 1.59. The van der Waals surface area contributed by atoms with Crippen LogP contribution in [0.2, 0.25) is 54.4 Å². The third kappa shape index (κ3) is 6.18. The third-order valence-electron chi connectivity index (χ3n) is 9.20. The normalized spacial score (nSPS) is 30.3. The van der Waals surface area contributed by atoms with Crippen LogP contribution in [-0.4, -0.2) is 56.0 Å². The molecule has 0 aromatic carbocycles. The fourth-order valence-electron chi connectivity index (χ4n) is 3.58. The summed E-state index contributed by atoms with van der Waals surface area (Å²) in [5, 5.41) is 0.572. The molecule has 0 radical (unpaired) electrons. The van der Waals surface area contributed by atoms with Gasteiger partial charge < -0.3 is 18.0 Å². The minimum absolute atomic E-state index is 0.116. The summed E-state index contributed by atoms with van der Waals surface area (Å²) >= 11 is 0. The second-order valence-electron chi connectivity index (χ2n) is 14.9. The molecule has 0 bridgehead atoms. The molecule has 2 fully saturated rings. The highest BCUT2D eigenvalue weighted by atomic mass is 28.4. The molecule has 0 amide bonds. The Morgan fingerprint density at radius 3 is 1.53 bits per heavy atom. The van der Waals surface area contributed by atoms with Gasteiger partial charge in [0.1, 0.15) is 12.2 Å². The van der Waals surface area contributed by atoms with Crippen LogP contribution in [0.25, 0.3) is 0 Å². The fourth-order valence-corrected chi connectivity index (χ4v) is 7.35. The summed E-state index contributed by atoms with van der Waals surface area (Å²) < 4.78 is 27.0. The van der Waals surface area contributed by atoms with E-state index in [9.17, 15) is 0 Å². The number of hydrogen-bond donors (Lipinski definition) is 0. The van der Waals surface area contributed by atoms with E-state index in [1.54, 1.807) is 0 Å². The van der Waals surface area contributed by atoms with Gasteiger partial charge in [0.25, 0.3) is 0 Å². The summed E-state index contributed by atoms with van der Waals surface area (Å²) in [4.78, 5) is 0. The Bertz CT molecular complexity index is 656. The minimum atomic E-state index is -1.92. The standard InChI is InChI=1S/C25H54O4Si3/c1-23(2,3)30(10,11)26-17-18-16-19(28-31(12,13)24(4,5)6)21-22(27-21)20(18)29-32(14,15)25(7,8)9/h18-22H,16-17H2,1-15H3/t18-,19+,20-,21-,22+/m1/s1. The molecule has 0 aromatic rings. The quantitative estimate of drug-likeness (QED) is 0.266. The molecule has 2 aliphatic rings. The summed E-state index contributed by atoms with van der Waals surface area (Å²) in [6, 6.07) is 0. The Balaban J connectivity index is 2.25. The maximum absolute atomic E-state index is 7.01. The SMILES string of the molecule is CC(C)(C)[Si](C)(C)OC[C@H]1C[C@H](O[Si](C)(C)C(C)(C)C)[C@H]2O[C@H]2[C@@H]1O[Si](C)(C)C(C)(C)C. The highest BCUT2D eigenvalue weighted by Gasteiger charge is 2.60. The molecule has 0 N–H and O–H groups in total. The molecule has 4 nitrogen and oxygen atoms in total. The highest BCUT2D eigenvalue weighted by molar-refractivity contribution is 6.75. The van der Waals surface area contributed by atoms with Gasteiger partial charge in [0.2, 0.25) is 0 Å². The summed E-state index contributed by atoms with van der Waals surface area (Å²) in [7, 11) is -5.62. The molecular formula is C25H54O4Si3. The van der Waals surface area contributed by atoms with Gasteiger partial charge in [0.15, 0.2) is 25.0 Å². The molecule has 32 heavy (non-hydrogen) atoms. The molecular weight excluding hydrogens is 449 g/mol. The molecule has 0 aromatic heterocycles. The van der Waals surface area contributed by atoms with Gasteiger partial charge in [-0.05, 0) is 60.8 Å². The van der Waals surface area contributed by atoms with Crippen LogP contribution in [-0.2, 0) is 18.0 Å². The molecule has 2 rings (SSSR count). The van der Waals surface area contributed by atoms with Crippen molar-refractivity contribution in [2.24, 2.45) is 5.92 Å². The molecule has 1 saturated carbocycles. The summed E-state index contributed by atoms with van der Waals surface area (Å²) in [5.41, 5.74) is 0. The topological polar surface area (TPSA) is 40.2 Å². The Morgan fingerprint density at radius 2 is 1.09 bits per heavy atom. The van der Waals surface area contributed by atoms with Gasteiger partial charge in [-0.25, -0.2) is 0 Å². The van der Waals surface area contributed by atoms with E-state index in [2.05, 4.69) is 102 Å². The molecule has 1 aliphatic carbocycles. The van der Waals surface area contributed by atoms with Gasteiger partial charge in [-0.15, -0.1) is 0 Å². The Labute approximate surface area is 202 Å². The van der Waals surface area contributed by atoms with E-state index in [1.807, 2.05) is 0 Å². The molecule has 190 valence electrons. The van der Waals surface area contributed by atoms with Crippen molar-refractivity contribution in [2.45, 2.75) is 148 Å². The Kier molecular flexibility index (Phi) is 7.95. The third-order valence-corrected chi connectivity index (χ3v) is 22.7. The first-order chi connectivity index (χ1) is 14.0. The zero-order chi connectivity index (χ0) is 25.1. The van der Waals surface area contributed by atoms with Crippen molar-refractivity contribution >= 4 is 25.0 Å². The van der Waals surface area contributed by atoms with Crippen molar-refractivity contribution in [3.63, 3.8) is 0 Å². The van der Waals surface area contributed by atoms with Crippen molar-refractivity contribution in [1.82, 2.24) is 0 Å². The zero-order valence-corrected chi connectivity index (χ0v) is 26.9. The van der Waals surface area contributed by atoms with Crippen LogP contribution < -0.4 is 0 Å². The van der Waals surface area contributed by atoms with Crippen LogP contribution in [0.1, 0.15) is 68.7 Å². The lowest BCUT2D eigenvalue weighted by molar-refractivity contribution is 0.0170. The van der Waals surface area contributed by atoms with E-state index in [0.717, 1.165) is 13.0 Å². The molecule has 0 spiro atoms. The van der Waals surface area contributed by atoms with E-state index >= 15 is 0 Å². The predicted molar refractivity (Wildman–Crippen MR) is 144 cm³/mol. The monoisotopic (exact) mass is 502 g/mol. The van der Waals surface area contributed by atoms with Crippen molar-refractivity contribution in [2.75, 3.05) is 6.61 Å². The fraction of sp³-hybridized carbons (Fsp3) is 1.00. The van der Waals surface area contributed by atoms with E-state index < -0.39 is 25.0 Å². The average Bonchev–Trinajstić information content (AvgIpc) is 3.33. The first-order valence-corrected chi connectivity index (χ1v) is 21.4. The number of ether oxygens (including phenoxy) is 1. The van der Waals surface area contributed by atoms with Gasteiger partial charge in [0.05, 0.1) is 12.2 Å². The Hall–Kier alpha value is 0.491. The van der Waals surface area contributed by atoms with Crippen LogP contribution in [0.4, 0.5) is 0 Å². The van der Waals surface area contributed by atoms with E-state index in [-0.39, 0.29) is 39.5 Å². The first kappa shape index (κ1) is 28.7. The van der Waals surface area contributed by atoms with Crippen molar-refractivity contribution < 1.29 is 18.0 Å². The van der Waals surface area contributed by atoms with Crippen LogP contribution in [0.15, 0.2) is 0 Å². The first-order valence-electron chi connectivity index (χ1n) is 12.7. The van der Waals surface area contributed by atoms with Gasteiger partial charge in [-0.3, -0.25) is 0 Å². The van der Waals surface area contributed by atoms with Crippen LogP contribution in [0, 0.1) is 5.92 Å². The van der Waals surface area contributed by atoms with Crippen molar-refractivity contribution in [3.05, 3.63) is 0 Å². The molecule has 7 heteroatoms. The van der Waals surface area contributed by atoms with E-state index in [1.165, 1.54) is 0 Å². The predicted octanol–water partition coefficient (Wildman–Crippen LogP) is 7.58. The van der Waals surface area contributed by atoms with Crippen LogP contribution in [0.3, 0.4) is 0 Å². The molecule has 0 unspecified atom stereocenters. The summed E-state index contributed by atoms with van der Waals surface area (Å²) in [5.74, 6) is 0.316. The maximum Gasteiger partial charge on any atom is 0.192 e. The lowest BCUT2D eigenvalue weighted by Gasteiger charge is -2.46. The molecule has 1 heterocycles. The smallest absolute Gasteiger partial charge is 0.192 e. The van der Waals surface area contributed by atoms with Crippen molar-refractivity contribution in [3.8, 4) is 0 Å². The molecule has 1 saturated heterocycles. The second kappa shape index (κ2) is 8.86. The highest BCUT2D eigenvalue weighted by Crippen LogP contribution is 2.49. The van der Waals surface area contributed by atoms with Gasteiger partial charge >= 0.3 is 0 Å². The summed E-state index contributed by atoms with van der Waals surface area (Å²) in [6.45, 7) is 35.7. The second-order valence-corrected chi connectivity index (χ2v) is 29.2. The van der Waals surface area contributed by atoms with Crippen molar-refractivity contribution in [1.29, 1.82) is 0 Å². The van der Waals surface area contributed by atoms with Gasteiger partial charge in [-0.1, -0.05) is 62.3 Å².